The molecule has 0 saturated carbocycles. The lowest BCUT2D eigenvalue weighted by atomic mass is 9.95. The lowest BCUT2D eigenvalue weighted by Gasteiger charge is -2.02. The van der Waals surface area contributed by atoms with Gasteiger partial charge in [-0.2, -0.15) is 4.79 Å². The molecule has 0 bridgehead atoms. The highest BCUT2D eigenvalue weighted by Crippen LogP contribution is 2.22. The van der Waals surface area contributed by atoms with Crippen LogP contribution < -0.4 is 5.32 Å². The molecule has 2 rings (SSSR count). The third-order valence-corrected chi connectivity index (χ3v) is 1.99. The Bertz CT molecular complexity index is 413. The third-order valence-electron chi connectivity index (χ3n) is 1.99. The zero-order valence-electron chi connectivity index (χ0n) is 6.52. The molecule has 0 aromatic rings. The van der Waals surface area contributed by atoms with Crippen LogP contribution in [0, 0.1) is 5.92 Å². The molecule has 2 aliphatic rings. The monoisotopic (exact) mass is 175 g/mol. The van der Waals surface area contributed by atoms with E-state index in [4.69, 9.17) is 5.53 Å². The first-order chi connectivity index (χ1) is 6.22. The van der Waals surface area contributed by atoms with Gasteiger partial charge in [-0.15, -0.1) is 0 Å². The standard InChI is InChI=1S/C8H5N3O2/c9-11-4-1-2-5-6(3-4)8(13)10-7(5)12/h1-3,5H,(H,10,12,13). The molecular weight excluding hydrogens is 170 g/mol. The first-order valence-corrected chi connectivity index (χ1v) is 3.69. The summed E-state index contributed by atoms with van der Waals surface area (Å²) in [6, 6.07) is 0. The van der Waals surface area contributed by atoms with Gasteiger partial charge in [0.2, 0.25) is 5.91 Å². The second-order valence-electron chi connectivity index (χ2n) is 2.78. The largest absolute Gasteiger partial charge is 0.361 e. The highest BCUT2D eigenvalue weighted by atomic mass is 16.2. The summed E-state index contributed by atoms with van der Waals surface area (Å²) in [4.78, 5) is 25.1. The Hall–Kier alpha value is -2.00. The summed E-state index contributed by atoms with van der Waals surface area (Å²) < 4.78 is 0. The highest BCUT2D eigenvalue weighted by molar-refractivity contribution is 6.20. The molecule has 1 fully saturated rings. The summed E-state index contributed by atoms with van der Waals surface area (Å²) in [6.07, 6.45) is 4.42. The molecule has 1 N–H and O–H groups in total. The van der Waals surface area contributed by atoms with Gasteiger partial charge >= 0.3 is 5.71 Å². The molecule has 2 amide bonds. The summed E-state index contributed by atoms with van der Waals surface area (Å²) in [6.45, 7) is 0. The summed E-state index contributed by atoms with van der Waals surface area (Å²) >= 11 is 0. The molecule has 5 heteroatoms. The van der Waals surface area contributed by atoms with Crippen LogP contribution in [-0.4, -0.2) is 22.3 Å². The zero-order valence-corrected chi connectivity index (χ0v) is 6.52. The Morgan fingerprint density at radius 1 is 1.46 bits per heavy atom. The van der Waals surface area contributed by atoms with Crippen LogP contribution in [0.2, 0.25) is 0 Å². The SMILES string of the molecule is [N-]=[N+]=C1C=CC2C(=O)NC(=O)C2=C1. The maximum Gasteiger partial charge on any atom is 0.315 e. The number of allylic oxidation sites excluding steroid dienone is 2. The van der Waals surface area contributed by atoms with Crippen molar-refractivity contribution in [3.05, 3.63) is 29.3 Å². The fraction of sp³-hybridized carbons (Fsp3) is 0.125. The van der Waals surface area contributed by atoms with E-state index in [1.807, 2.05) is 0 Å². The van der Waals surface area contributed by atoms with Crippen LogP contribution in [0.4, 0.5) is 0 Å². The Kier molecular flexibility index (Phi) is 1.47. The molecule has 0 radical (unpaired) electrons. The molecule has 0 aromatic heterocycles. The van der Waals surface area contributed by atoms with E-state index in [-0.39, 0.29) is 11.6 Å². The van der Waals surface area contributed by atoms with Gasteiger partial charge in [-0.05, 0) is 0 Å². The average Bonchev–Trinajstić information content (AvgIpc) is 2.42. The van der Waals surface area contributed by atoms with Crippen molar-refractivity contribution in [2.75, 3.05) is 0 Å². The minimum atomic E-state index is -0.516. The van der Waals surface area contributed by atoms with Crippen molar-refractivity contribution in [2.45, 2.75) is 0 Å². The smallest absolute Gasteiger partial charge is 0.315 e. The van der Waals surface area contributed by atoms with E-state index in [1.54, 1.807) is 0 Å². The maximum absolute atomic E-state index is 11.1. The number of fused-ring (bicyclic) bond motifs is 1. The topological polar surface area (TPSA) is 82.6 Å². The van der Waals surface area contributed by atoms with Gasteiger partial charge in [0.1, 0.15) is 0 Å². The van der Waals surface area contributed by atoms with Crippen LogP contribution in [0.1, 0.15) is 0 Å². The van der Waals surface area contributed by atoms with Gasteiger partial charge in [-0.1, -0.05) is 6.08 Å². The van der Waals surface area contributed by atoms with E-state index in [9.17, 15) is 9.59 Å². The molecule has 1 aliphatic carbocycles. The van der Waals surface area contributed by atoms with E-state index < -0.39 is 11.8 Å². The van der Waals surface area contributed by atoms with Crippen LogP contribution in [0.25, 0.3) is 5.53 Å². The maximum atomic E-state index is 11.1. The number of carbonyl (C=O) groups excluding carboxylic acids is 2. The van der Waals surface area contributed by atoms with E-state index in [1.165, 1.54) is 18.2 Å². The number of hydrogen-bond acceptors (Lipinski definition) is 2. The molecule has 1 atom stereocenters. The minimum absolute atomic E-state index is 0.274. The van der Waals surface area contributed by atoms with Crippen molar-refractivity contribution in [3.63, 3.8) is 0 Å². The lowest BCUT2D eigenvalue weighted by molar-refractivity contribution is -0.125. The van der Waals surface area contributed by atoms with Gasteiger partial charge in [-0.3, -0.25) is 14.9 Å². The van der Waals surface area contributed by atoms with Crippen molar-refractivity contribution in [1.29, 1.82) is 0 Å². The number of amides is 2. The predicted molar refractivity (Wildman–Crippen MR) is 42.5 cm³/mol. The van der Waals surface area contributed by atoms with Gasteiger partial charge in [0.25, 0.3) is 5.91 Å². The molecule has 1 heterocycles. The van der Waals surface area contributed by atoms with E-state index in [2.05, 4.69) is 10.1 Å². The zero-order chi connectivity index (χ0) is 9.42. The Morgan fingerprint density at radius 3 is 2.92 bits per heavy atom. The predicted octanol–water partition coefficient (Wildman–Crippen LogP) is -0.574. The summed E-state index contributed by atoms with van der Waals surface area (Å²) in [5.74, 6) is -1.26. The van der Waals surface area contributed by atoms with Crippen molar-refractivity contribution < 1.29 is 14.4 Å². The van der Waals surface area contributed by atoms with Gasteiger partial charge in [0.05, 0.1) is 5.92 Å². The van der Waals surface area contributed by atoms with E-state index >= 15 is 0 Å². The molecule has 1 saturated heterocycles. The first-order valence-electron chi connectivity index (χ1n) is 3.69. The molecule has 0 spiro atoms. The second-order valence-corrected chi connectivity index (χ2v) is 2.78. The van der Waals surface area contributed by atoms with Crippen molar-refractivity contribution in [3.8, 4) is 0 Å². The molecule has 1 aliphatic heterocycles. The van der Waals surface area contributed by atoms with Crippen LogP contribution in [0.15, 0.2) is 23.8 Å². The quantitative estimate of drug-likeness (QED) is 0.303. The number of carbonyl (C=O) groups is 2. The number of hydrogen-bond donors (Lipinski definition) is 1. The molecule has 64 valence electrons. The van der Waals surface area contributed by atoms with Crippen LogP contribution in [0.3, 0.4) is 0 Å². The van der Waals surface area contributed by atoms with Gasteiger partial charge in [-0.25, -0.2) is 0 Å². The fourth-order valence-electron chi connectivity index (χ4n) is 1.36. The fourth-order valence-corrected chi connectivity index (χ4v) is 1.36. The summed E-state index contributed by atoms with van der Waals surface area (Å²) in [7, 11) is 0. The van der Waals surface area contributed by atoms with Crippen LogP contribution in [0.5, 0.6) is 0 Å². The Labute approximate surface area is 73.4 Å². The highest BCUT2D eigenvalue weighted by Gasteiger charge is 2.37. The minimum Gasteiger partial charge on any atom is -0.361 e. The Balaban J connectivity index is 2.50. The van der Waals surface area contributed by atoms with E-state index in [0.29, 0.717) is 5.57 Å². The average molecular weight is 175 g/mol. The lowest BCUT2D eigenvalue weighted by Crippen LogP contribution is -2.21. The first kappa shape index (κ1) is 7.64. The number of nitrogens with zero attached hydrogens (tertiary/aromatic N) is 2. The number of rotatable bonds is 0. The normalized spacial score (nSPS) is 25.1. The van der Waals surface area contributed by atoms with Gasteiger partial charge < -0.3 is 5.53 Å². The van der Waals surface area contributed by atoms with Crippen LogP contribution in [-0.2, 0) is 9.59 Å². The second kappa shape index (κ2) is 2.50. The number of imide groups is 1. The molecule has 13 heavy (non-hydrogen) atoms. The third kappa shape index (κ3) is 1.02. The summed E-state index contributed by atoms with van der Waals surface area (Å²) in [5, 5.41) is 2.17. The number of nitrogens with one attached hydrogen (secondary N) is 1. The summed E-state index contributed by atoms with van der Waals surface area (Å²) in [5.41, 5.74) is 9.05. The van der Waals surface area contributed by atoms with Crippen molar-refractivity contribution in [1.82, 2.24) is 5.32 Å². The van der Waals surface area contributed by atoms with Crippen molar-refractivity contribution >= 4 is 17.5 Å². The van der Waals surface area contributed by atoms with Gasteiger partial charge in [0, 0.05) is 17.7 Å². The van der Waals surface area contributed by atoms with E-state index in [0.717, 1.165) is 0 Å². The van der Waals surface area contributed by atoms with Crippen LogP contribution >= 0.6 is 0 Å². The Morgan fingerprint density at radius 2 is 2.23 bits per heavy atom. The van der Waals surface area contributed by atoms with Crippen molar-refractivity contribution in [2.24, 2.45) is 5.92 Å². The molecule has 1 unspecified atom stereocenters. The molecule has 0 aromatic carbocycles. The molecule has 5 nitrogen and oxygen atoms in total. The van der Waals surface area contributed by atoms with Gasteiger partial charge in [0.15, 0.2) is 0 Å². The molecular formula is C8H5N3O2.